The molecule has 0 aromatic heterocycles. The number of nitrogens with one attached hydrogen (secondary N) is 2. The largest absolute Gasteiger partial charge is 0.453 e. The van der Waals surface area contributed by atoms with Crippen molar-refractivity contribution in [1.82, 2.24) is 10.6 Å². The average molecular weight is 224 g/mol. The van der Waals surface area contributed by atoms with Crippen LogP contribution in [0, 0.1) is 0 Å². The minimum absolute atomic E-state index is 0.255. The zero-order chi connectivity index (χ0) is 11.1. The minimum atomic E-state index is -0.569. The summed E-state index contributed by atoms with van der Waals surface area (Å²) in [5.74, 6) is 0. The van der Waals surface area contributed by atoms with Crippen LogP contribution < -0.4 is 10.6 Å². The van der Waals surface area contributed by atoms with Gasteiger partial charge >= 0.3 is 6.09 Å². The third-order valence-electron chi connectivity index (χ3n) is 1.70. The average Bonchev–Trinajstić information content (AvgIpc) is 2.27. The van der Waals surface area contributed by atoms with Gasteiger partial charge in [0.15, 0.2) is 5.11 Å². The topological polar surface area (TPSA) is 50.4 Å². The molecule has 0 aliphatic carbocycles. The molecule has 15 heavy (non-hydrogen) atoms. The van der Waals surface area contributed by atoms with Crippen molar-refractivity contribution in [1.29, 1.82) is 0 Å². The molecule has 0 saturated heterocycles. The minimum Gasteiger partial charge on any atom is -0.453 e. The molecule has 1 aromatic rings. The number of hydrogen-bond acceptors (Lipinski definition) is 3. The van der Waals surface area contributed by atoms with E-state index in [1.165, 1.54) is 7.11 Å². The highest BCUT2D eigenvalue weighted by molar-refractivity contribution is 7.80. The number of alkyl carbamates (subject to hydrolysis) is 1. The van der Waals surface area contributed by atoms with Crippen molar-refractivity contribution in [2.24, 2.45) is 0 Å². The summed E-state index contributed by atoms with van der Waals surface area (Å²) in [7, 11) is 1.29. The summed E-state index contributed by atoms with van der Waals surface area (Å²) in [6.45, 7) is 0.573. The first-order valence-corrected chi connectivity index (χ1v) is 4.80. The third kappa shape index (κ3) is 4.42. The number of carbonyl (C=O) groups excluding carboxylic acids is 1. The van der Waals surface area contributed by atoms with Crippen molar-refractivity contribution in [3.05, 3.63) is 35.9 Å². The molecule has 0 aliphatic rings. The molecule has 0 unspecified atom stereocenters. The Hall–Kier alpha value is -1.62. The number of amides is 1. The standard InChI is InChI=1S/C10H12N2O2S/c1-14-10(13)12-9(15)11-7-8-5-3-2-4-6-8/h2-6H,7H2,1H3,(H2,11,12,13,15). The van der Waals surface area contributed by atoms with Crippen LogP contribution in [0.5, 0.6) is 0 Å². The Kier molecular flexibility index (Phi) is 4.56. The number of methoxy groups -OCH3 is 1. The predicted molar refractivity (Wildman–Crippen MR) is 61.4 cm³/mol. The summed E-state index contributed by atoms with van der Waals surface area (Å²) in [5, 5.41) is 5.50. The van der Waals surface area contributed by atoms with Gasteiger partial charge in [0.1, 0.15) is 0 Å². The molecule has 80 valence electrons. The fourth-order valence-electron chi connectivity index (χ4n) is 0.966. The first kappa shape index (κ1) is 11.5. The summed E-state index contributed by atoms with van der Waals surface area (Å²) in [6.07, 6.45) is -0.569. The van der Waals surface area contributed by atoms with E-state index in [1.54, 1.807) is 0 Å². The molecule has 0 saturated carbocycles. The lowest BCUT2D eigenvalue weighted by molar-refractivity contribution is 0.176. The number of rotatable bonds is 2. The molecule has 0 spiro atoms. The highest BCUT2D eigenvalue weighted by Gasteiger charge is 2.01. The second-order valence-corrected chi connectivity index (χ2v) is 3.19. The molecule has 2 N–H and O–H groups in total. The van der Waals surface area contributed by atoms with Crippen LogP contribution in [0.25, 0.3) is 0 Å². The molecule has 5 heteroatoms. The molecule has 0 aliphatic heterocycles. The summed E-state index contributed by atoms with van der Waals surface area (Å²) in [5.41, 5.74) is 1.09. The predicted octanol–water partition coefficient (Wildman–Crippen LogP) is 1.42. The van der Waals surface area contributed by atoms with Crippen molar-refractivity contribution >= 4 is 23.4 Å². The zero-order valence-corrected chi connectivity index (χ0v) is 9.14. The van der Waals surface area contributed by atoms with E-state index in [0.29, 0.717) is 6.54 Å². The van der Waals surface area contributed by atoms with E-state index in [-0.39, 0.29) is 5.11 Å². The Bertz CT molecular complexity index is 341. The Balaban J connectivity index is 2.32. The summed E-state index contributed by atoms with van der Waals surface area (Å²) >= 11 is 4.87. The number of benzene rings is 1. The van der Waals surface area contributed by atoms with Gasteiger partial charge in [0, 0.05) is 6.54 Å². The van der Waals surface area contributed by atoms with E-state index in [2.05, 4.69) is 15.4 Å². The quantitative estimate of drug-likeness (QED) is 0.746. The molecule has 0 heterocycles. The molecule has 0 bridgehead atoms. The molecule has 0 fully saturated rings. The lowest BCUT2D eigenvalue weighted by Gasteiger charge is -2.08. The second kappa shape index (κ2) is 5.98. The van der Waals surface area contributed by atoms with Crippen molar-refractivity contribution in [3.8, 4) is 0 Å². The highest BCUT2D eigenvalue weighted by Crippen LogP contribution is 1.96. The van der Waals surface area contributed by atoms with Gasteiger partial charge in [0.2, 0.25) is 0 Å². The van der Waals surface area contributed by atoms with Crippen LogP contribution in [-0.2, 0) is 11.3 Å². The van der Waals surface area contributed by atoms with Crippen LogP contribution in [0.3, 0.4) is 0 Å². The summed E-state index contributed by atoms with van der Waals surface area (Å²) in [4.78, 5) is 10.8. The van der Waals surface area contributed by atoms with Gasteiger partial charge in [-0.05, 0) is 17.8 Å². The first-order valence-electron chi connectivity index (χ1n) is 4.39. The highest BCUT2D eigenvalue weighted by atomic mass is 32.1. The van der Waals surface area contributed by atoms with Crippen LogP contribution in [0.4, 0.5) is 4.79 Å². The van der Waals surface area contributed by atoms with Gasteiger partial charge in [0.05, 0.1) is 7.11 Å². The van der Waals surface area contributed by atoms with Gasteiger partial charge in [-0.3, -0.25) is 5.32 Å². The van der Waals surface area contributed by atoms with Crippen LogP contribution in [0.15, 0.2) is 30.3 Å². The van der Waals surface area contributed by atoms with E-state index in [9.17, 15) is 4.79 Å². The molecule has 4 nitrogen and oxygen atoms in total. The van der Waals surface area contributed by atoms with Gasteiger partial charge in [-0.1, -0.05) is 30.3 Å². The van der Waals surface area contributed by atoms with Gasteiger partial charge < -0.3 is 10.1 Å². The van der Waals surface area contributed by atoms with E-state index in [1.807, 2.05) is 30.3 Å². The second-order valence-electron chi connectivity index (χ2n) is 2.78. The molecular weight excluding hydrogens is 212 g/mol. The molecule has 1 aromatic carbocycles. The molecule has 0 atom stereocenters. The maximum Gasteiger partial charge on any atom is 0.413 e. The fraction of sp³-hybridized carbons (Fsp3) is 0.200. The number of ether oxygens (including phenoxy) is 1. The van der Waals surface area contributed by atoms with Crippen LogP contribution in [-0.4, -0.2) is 18.3 Å². The molecule has 0 radical (unpaired) electrons. The maximum atomic E-state index is 10.8. The van der Waals surface area contributed by atoms with Crippen LogP contribution in [0.2, 0.25) is 0 Å². The van der Waals surface area contributed by atoms with Crippen molar-refractivity contribution < 1.29 is 9.53 Å². The molecule has 1 rings (SSSR count). The van der Waals surface area contributed by atoms with Crippen molar-refractivity contribution in [2.45, 2.75) is 6.54 Å². The number of carbonyl (C=O) groups is 1. The Labute approximate surface area is 93.6 Å². The van der Waals surface area contributed by atoms with Gasteiger partial charge in [-0.15, -0.1) is 0 Å². The molecule has 1 amide bonds. The number of hydrogen-bond donors (Lipinski definition) is 2. The lowest BCUT2D eigenvalue weighted by Crippen LogP contribution is -2.38. The van der Waals surface area contributed by atoms with Gasteiger partial charge in [0.25, 0.3) is 0 Å². The fourth-order valence-corrected chi connectivity index (χ4v) is 1.12. The van der Waals surface area contributed by atoms with E-state index >= 15 is 0 Å². The van der Waals surface area contributed by atoms with Crippen LogP contribution in [0.1, 0.15) is 5.56 Å². The lowest BCUT2D eigenvalue weighted by atomic mass is 10.2. The van der Waals surface area contributed by atoms with E-state index < -0.39 is 6.09 Å². The SMILES string of the molecule is COC(=O)NC(=S)NCc1ccccc1. The zero-order valence-electron chi connectivity index (χ0n) is 8.32. The Morgan fingerprint density at radius 1 is 1.40 bits per heavy atom. The summed E-state index contributed by atoms with van der Waals surface area (Å²) in [6, 6.07) is 9.75. The van der Waals surface area contributed by atoms with Gasteiger partial charge in [-0.2, -0.15) is 0 Å². The van der Waals surface area contributed by atoms with Crippen molar-refractivity contribution in [3.63, 3.8) is 0 Å². The molecular formula is C10H12N2O2S. The summed E-state index contributed by atoms with van der Waals surface area (Å²) < 4.78 is 4.40. The van der Waals surface area contributed by atoms with E-state index in [0.717, 1.165) is 5.56 Å². The normalized spacial score (nSPS) is 9.13. The van der Waals surface area contributed by atoms with Crippen molar-refractivity contribution in [2.75, 3.05) is 7.11 Å². The first-order chi connectivity index (χ1) is 7.22. The monoisotopic (exact) mass is 224 g/mol. The third-order valence-corrected chi connectivity index (χ3v) is 1.94. The van der Waals surface area contributed by atoms with Crippen LogP contribution >= 0.6 is 12.2 Å². The Morgan fingerprint density at radius 3 is 2.67 bits per heavy atom. The van der Waals surface area contributed by atoms with E-state index in [4.69, 9.17) is 12.2 Å². The Morgan fingerprint density at radius 2 is 2.07 bits per heavy atom. The smallest absolute Gasteiger partial charge is 0.413 e. The van der Waals surface area contributed by atoms with Gasteiger partial charge in [-0.25, -0.2) is 4.79 Å². The maximum absolute atomic E-state index is 10.8. The number of thiocarbonyl (C=S) groups is 1.